The van der Waals surface area contributed by atoms with Gasteiger partial charge in [-0.15, -0.1) is 0 Å². The Morgan fingerprint density at radius 3 is 2.72 bits per heavy atom. The molecule has 0 spiro atoms. The van der Waals surface area contributed by atoms with Crippen molar-refractivity contribution in [3.8, 4) is 0 Å². The average Bonchev–Trinajstić information content (AvgIpc) is 2.38. The van der Waals surface area contributed by atoms with Crippen molar-refractivity contribution in [2.75, 3.05) is 32.7 Å². The van der Waals surface area contributed by atoms with Gasteiger partial charge in [0.1, 0.15) is 0 Å². The zero-order chi connectivity index (χ0) is 13.1. The Labute approximate surface area is 105 Å². The maximum Gasteiger partial charge on any atom is 0.314 e. The maximum atomic E-state index is 12.2. The van der Waals surface area contributed by atoms with E-state index >= 15 is 0 Å². The Bertz CT molecular complexity index is 371. The Morgan fingerprint density at radius 2 is 2.06 bits per heavy atom. The van der Waals surface area contributed by atoms with E-state index in [2.05, 4.69) is 5.32 Å². The van der Waals surface area contributed by atoms with Crippen molar-refractivity contribution in [3.63, 3.8) is 0 Å². The summed E-state index contributed by atoms with van der Waals surface area (Å²) >= 11 is 0. The van der Waals surface area contributed by atoms with E-state index in [-0.39, 0.29) is 24.3 Å². The van der Waals surface area contributed by atoms with Crippen molar-refractivity contribution in [3.05, 3.63) is 0 Å². The first kappa shape index (κ1) is 12.7. The SMILES string of the molecule is NC(=O)N1CCC[C@H](C(=O)N2CCNC(=O)C2)C1. The Hall–Kier alpha value is -1.79. The molecule has 0 radical (unpaired) electrons. The quantitative estimate of drug-likeness (QED) is 0.611. The number of likely N-dealkylation sites (tertiary alicyclic amines) is 1. The van der Waals surface area contributed by atoms with Crippen molar-refractivity contribution in [2.24, 2.45) is 11.7 Å². The summed E-state index contributed by atoms with van der Waals surface area (Å²) in [7, 11) is 0. The number of carbonyl (C=O) groups is 3. The highest BCUT2D eigenvalue weighted by Gasteiger charge is 2.32. The van der Waals surface area contributed by atoms with E-state index in [1.165, 1.54) is 4.90 Å². The van der Waals surface area contributed by atoms with Crippen LogP contribution < -0.4 is 11.1 Å². The molecule has 3 N–H and O–H groups in total. The Kier molecular flexibility index (Phi) is 3.69. The van der Waals surface area contributed by atoms with E-state index < -0.39 is 6.03 Å². The molecule has 100 valence electrons. The van der Waals surface area contributed by atoms with Crippen molar-refractivity contribution in [1.82, 2.24) is 15.1 Å². The number of rotatable bonds is 1. The zero-order valence-electron chi connectivity index (χ0n) is 10.2. The fraction of sp³-hybridized carbons (Fsp3) is 0.727. The second-order valence-corrected chi connectivity index (χ2v) is 4.73. The number of piperidine rings is 1. The molecule has 1 atom stereocenters. The van der Waals surface area contributed by atoms with Gasteiger partial charge in [-0.25, -0.2) is 4.79 Å². The maximum absolute atomic E-state index is 12.2. The van der Waals surface area contributed by atoms with E-state index in [1.54, 1.807) is 4.90 Å². The number of urea groups is 1. The molecule has 0 unspecified atom stereocenters. The molecule has 0 aromatic heterocycles. The molecule has 0 aliphatic carbocycles. The molecule has 2 rings (SSSR count). The van der Waals surface area contributed by atoms with Gasteiger partial charge in [-0.05, 0) is 12.8 Å². The number of primary amides is 1. The summed E-state index contributed by atoms with van der Waals surface area (Å²) < 4.78 is 0. The van der Waals surface area contributed by atoms with E-state index in [4.69, 9.17) is 5.73 Å². The van der Waals surface area contributed by atoms with E-state index in [1.807, 2.05) is 0 Å². The molecule has 0 aromatic rings. The second-order valence-electron chi connectivity index (χ2n) is 4.73. The number of carbonyl (C=O) groups excluding carboxylic acids is 3. The molecule has 2 aliphatic rings. The van der Waals surface area contributed by atoms with Crippen LogP contribution in [0.3, 0.4) is 0 Å². The molecular weight excluding hydrogens is 236 g/mol. The summed E-state index contributed by atoms with van der Waals surface area (Å²) in [5, 5.41) is 2.68. The number of piperazine rings is 1. The summed E-state index contributed by atoms with van der Waals surface area (Å²) in [4.78, 5) is 37.6. The molecule has 0 saturated carbocycles. The average molecular weight is 254 g/mol. The van der Waals surface area contributed by atoms with Crippen molar-refractivity contribution in [1.29, 1.82) is 0 Å². The molecule has 0 aromatic carbocycles. The lowest BCUT2D eigenvalue weighted by Crippen LogP contribution is -2.54. The van der Waals surface area contributed by atoms with Crippen LogP contribution in [0.5, 0.6) is 0 Å². The van der Waals surface area contributed by atoms with Gasteiger partial charge >= 0.3 is 6.03 Å². The summed E-state index contributed by atoms with van der Waals surface area (Å²) in [5.41, 5.74) is 5.23. The summed E-state index contributed by atoms with van der Waals surface area (Å²) in [6.45, 7) is 2.13. The number of nitrogens with zero attached hydrogens (tertiary/aromatic N) is 2. The first-order valence-electron chi connectivity index (χ1n) is 6.18. The second kappa shape index (κ2) is 5.24. The van der Waals surface area contributed by atoms with Gasteiger partial charge in [0.25, 0.3) is 0 Å². The highest BCUT2D eigenvalue weighted by Crippen LogP contribution is 2.19. The number of nitrogens with one attached hydrogen (secondary N) is 1. The number of nitrogens with two attached hydrogens (primary N) is 1. The predicted molar refractivity (Wildman–Crippen MR) is 63.5 cm³/mol. The Balaban J connectivity index is 1.95. The molecular formula is C11H18N4O3. The van der Waals surface area contributed by atoms with Gasteiger partial charge in [0.2, 0.25) is 11.8 Å². The Morgan fingerprint density at radius 1 is 1.28 bits per heavy atom. The summed E-state index contributed by atoms with van der Waals surface area (Å²) in [6, 6.07) is -0.483. The van der Waals surface area contributed by atoms with Gasteiger partial charge in [0.15, 0.2) is 0 Å². The number of hydrogen-bond acceptors (Lipinski definition) is 3. The minimum absolute atomic E-state index is 0.0456. The summed E-state index contributed by atoms with van der Waals surface area (Å²) in [5.74, 6) is -0.398. The third-order valence-electron chi connectivity index (χ3n) is 3.43. The first-order chi connectivity index (χ1) is 8.58. The lowest BCUT2D eigenvalue weighted by molar-refractivity contribution is -0.142. The highest BCUT2D eigenvalue weighted by atomic mass is 16.2. The normalized spacial score (nSPS) is 24.7. The fourth-order valence-electron chi connectivity index (χ4n) is 2.46. The van der Waals surface area contributed by atoms with Gasteiger partial charge in [-0.2, -0.15) is 0 Å². The molecule has 2 heterocycles. The van der Waals surface area contributed by atoms with Crippen molar-refractivity contribution in [2.45, 2.75) is 12.8 Å². The van der Waals surface area contributed by atoms with Crippen LogP contribution in [0.1, 0.15) is 12.8 Å². The van der Waals surface area contributed by atoms with Gasteiger partial charge in [0.05, 0.1) is 12.5 Å². The monoisotopic (exact) mass is 254 g/mol. The lowest BCUT2D eigenvalue weighted by atomic mass is 9.96. The molecule has 7 nitrogen and oxygen atoms in total. The number of hydrogen-bond donors (Lipinski definition) is 2. The molecule has 0 bridgehead atoms. The zero-order valence-corrected chi connectivity index (χ0v) is 10.2. The topological polar surface area (TPSA) is 95.7 Å². The number of amides is 4. The van der Waals surface area contributed by atoms with Crippen LogP contribution in [0.2, 0.25) is 0 Å². The van der Waals surface area contributed by atoms with E-state index in [0.717, 1.165) is 12.8 Å². The van der Waals surface area contributed by atoms with Gasteiger partial charge in [-0.3, -0.25) is 9.59 Å². The van der Waals surface area contributed by atoms with Crippen LogP contribution in [0, 0.1) is 5.92 Å². The van der Waals surface area contributed by atoms with Crippen molar-refractivity contribution >= 4 is 17.8 Å². The minimum atomic E-state index is -0.483. The van der Waals surface area contributed by atoms with Gasteiger partial charge in [-0.1, -0.05) is 0 Å². The van der Waals surface area contributed by atoms with Crippen LogP contribution in [0.25, 0.3) is 0 Å². The summed E-state index contributed by atoms with van der Waals surface area (Å²) in [6.07, 6.45) is 1.53. The van der Waals surface area contributed by atoms with Crippen LogP contribution >= 0.6 is 0 Å². The molecule has 18 heavy (non-hydrogen) atoms. The third-order valence-corrected chi connectivity index (χ3v) is 3.43. The largest absolute Gasteiger partial charge is 0.353 e. The molecule has 4 amide bonds. The van der Waals surface area contributed by atoms with E-state index in [0.29, 0.717) is 26.2 Å². The first-order valence-corrected chi connectivity index (χ1v) is 6.18. The van der Waals surface area contributed by atoms with Crippen LogP contribution in [-0.4, -0.2) is 60.4 Å². The van der Waals surface area contributed by atoms with Gasteiger partial charge in [0, 0.05) is 26.2 Å². The smallest absolute Gasteiger partial charge is 0.314 e. The predicted octanol–water partition coefficient (Wildman–Crippen LogP) is -1.26. The van der Waals surface area contributed by atoms with Crippen LogP contribution in [-0.2, 0) is 9.59 Å². The third kappa shape index (κ3) is 2.72. The lowest BCUT2D eigenvalue weighted by Gasteiger charge is -2.35. The van der Waals surface area contributed by atoms with Crippen LogP contribution in [0.4, 0.5) is 4.79 Å². The fourth-order valence-corrected chi connectivity index (χ4v) is 2.46. The molecule has 2 saturated heterocycles. The standard InChI is InChI=1S/C11H18N4O3/c12-11(18)15-4-1-2-8(6-15)10(17)14-5-3-13-9(16)7-14/h8H,1-7H2,(H2,12,18)(H,13,16)/t8-/m0/s1. The van der Waals surface area contributed by atoms with E-state index in [9.17, 15) is 14.4 Å². The van der Waals surface area contributed by atoms with Crippen LogP contribution in [0.15, 0.2) is 0 Å². The molecule has 2 fully saturated rings. The molecule has 2 aliphatic heterocycles. The van der Waals surface area contributed by atoms with Crippen molar-refractivity contribution < 1.29 is 14.4 Å². The van der Waals surface area contributed by atoms with Gasteiger partial charge < -0.3 is 20.9 Å². The minimum Gasteiger partial charge on any atom is -0.353 e. The molecule has 7 heteroatoms. The highest BCUT2D eigenvalue weighted by molar-refractivity contribution is 5.87.